The van der Waals surface area contributed by atoms with Gasteiger partial charge < -0.3 is 10.1 Å². The van der Waals surface area contributed by atoms with E-state index >= 15 is 0 Å². The van der Waals surface area contributed by atoms with E-state index in [4.69, 9.17) is 4.74 Å². The van der Waals surface area contributed by atoms with Gasteiger partial charge in [0, 0.05) is 25.3 Å². The molecule has 0 radical (unpaired) electrons. The summed E-state index contributed by atoms with van der Waals surface area (Å²) in [6.45, 7) is 8.95. The Morgan fingerprint density at radius 2 is 2.22 bits per heavy atom. The Morgan fingerprint density at radius 1 is 1.35 bits per heavy atom. The number of esters is 1. The van der Waals surface area contributed by atoms with Crippen LogP contribution < -0.4 is 5.32 Å². The fourth-order valence-electron chi connectivity index (χ4n) is 3.11. The molecule has 1 aliphatic heterocycles. The van der Waals surface area contributed by atoms with Gasteiger partial charge in [0.1, 0.15) is 5.65 Å². The van der Waals surface area contributed by atoms with Gasteiger partial charge >= 0.3 is 5.97 Å². The van der Waals surface area contributed by atoms with Crippen LogP contribution in [-0.2, 0) is 11.3 Å². The van der Waals surface area contributed by atoms with Crippen molar-refractivity contribution in [2.75, 3.05) is 32.8 Å². The average molecular weight is 316 g/mol. The number of ether oxygens (including phenoxy) is 1. The number of rotatable bonds is 4. The van der Waals surface area contributed by atoms with Gasteiger partial charge in [-0.25, -0.2) is 9.78 Å². The molecule has 0 atom stereocenters. The number of carbonyl (C=O) groups is 1. The molecule has 1 N–H and O–H groups in total. The highest BCUT2D eigenvalue weighted by Gasteiger charge is 2.23. The molecule has 23 heavy (non-hydrogen) atoms. The predicted octanol–water partition coefficient (Wildman–Crippen LogP) is 1.61. The molecule has 0 aliphatic carbocycles. The molecular formula is C17H24N4O2. The molecule has 6 nitrogen and oxygen atoms in total. The second kappa shape index (κ2) is 7.10. The molecule has 1 aliphatic rings. The molecule has 0 spiro atoms. The van der Waals surface area contributed by atoms with E-state index in [0.717, 1.165) is 49.6 Å². The fourth-order valence-corrected chi connectivity index (χ4v) is 3.11. The normalized spacial score (nSPS) is 16.4. The van der Waals surface area contributed by atoms with Gasteiger partial charge in [0.2, 0.25) is 0 Å². The second-order valence-corrected chi connectivity index (χ2v) is 5.87. The maximum absolute atomic E-state index is 12.3. The van der Waals surface area contributed by atoms with Crippen LogP contribution in [0.2, 0.25) is 0 Å². The largest absolute Gasteiger partial charge is 0.461 e. The lowest BCUT2D eigenvalue weighted by Crippen LogP contribution is -2.29. The zero-order valence-corrected chi connectivity index (χ0v) is 13.8. The Hall–Kier alpha value is -1.92. The molecule has 2 aromatic rings. The Balaban J connectivity index is 2.00. The molecule has 1 saturated heterocycles. The highest BCUT2D eigenvalue weighted by atomic mass is 16.5. The Morgan fingerprint density at radius 3 is 3.04 bits per heavy atom. The zero-order valence-electron chi connectivity index (χ0n) is 13.8. The first kappa shape index (κ1) is 16.0. The number of pyridine rings is 1. The number of nitrogens with one attached hydrogen (secondary N) is 1. The number of aryl methyl sites for hydroxylation is 1. The predicted molar refractivity (Wildman–Crippen MR) is 88.6 cm³/mol. The van der Waals surface area contributed by atoms with Crippen LogP contribution in [0.1, 0.15) is 35.2 Å². The lowest BCUT2D eigenvalue weighted by atomic mass is 10.2. The smallest absolute Gasteiger partial charge is 0.358 e. The van der Waals surface area contributed by atoms with Crippen LogP contribution in [0.25, 0.3) is 5.65 Å². The van der Waals surface area contributed by atoms with Gasteiger partial charge in [-0.05, 0) is 45.5 Å². The van der Waals surface area contributed by atoms with Crippen molar-refractivity contribution in [2.45, 2.75) is 26.8 Å². The second-order valence-electron chi connectivity index (χ2n) is 5.87. The van der Waals surface area contributed by atoms with Gasteiger partial charge in [-0.15, -0.1) is 0 Å². The minimum atomic E-state index is -0.335. The molecule has 1 fully saturated rings. The molecule has 6 heteroatoms. The van der Waals surface area contributed by atoms with Crippen molar-refractivity contribution in [3.05, 3.63) is 35.3 Å². The maximum Gasteiger partial charge on any atom is 0.358 e. The number of carbonyl (C=O) groups excluding carboxylic acids is 1. The summed E-state index contributed by atoms with van der Waals surface area (Å²) in [5.74, 6) is -0.335. The Labute approximate surface area is 136 Å². The SMILES string of the molecule is CCOC(=O)c1nc2cccc(C)n2c1CN1CCCNCC1. The van der Waals surface area contributed by atoms with E-state index in [1.165, 1.54) is 0 Å². The van der Waals surface area contributed by atoms with Crippen LogP contribution >= 0.6 is 0 Å². The standard InChI is InChI=1S/C17H24N4O2/c1-3-23-17(22)16-14(12-20-10-5-8-18-9-11-20)21-13(2)6-4-7-15(21)19-16/h4,6-7,18H,3,5,8-12H2,1-2H3. The van der Waals surface area contributed by atoms with E-state index < -0.39 is 0 Å². The molecule has 0 bridgehead atoms. The van der Waals surface area contributed by atoms with E-state index in [1.807, 2.05) is 32.0 Å². The van der Waals surface area contributed by atoms with Crippen molar-refractivity contribution in [1.29, 1.82) is 0 Å². The first-order chi connectivity index (χ1) is 11.2. The van der Waals surface area contributed by atoms with Crippen LogP contribution in [0.15, 0.2) is 18.2 Å². The minimum absolute atomic E-state index is 0.335. The maximum atomic E-state index is 12.3. The van der Waals surface area contributed by atoms with Crippen LogP contribution in [0.5, 0.6) is 0 Å². The lowest BCUT2D eigenvalue weighted by Gasteiger charge is -2.20. The lowest BCUT2D eigenvalue weighted by molar-refractivity contribution is 0.0517. The molecular weight excluding hydrogens is 292 g/mol. The van der Waals surface area contributed by atoms with E-state index in [0.29, 0.717) is 18.8 Å². The van der Waals surface area contributed by atoms with E-state index in [1.54, 1.807) is 0 Å². The van der Waals surface area contributed by atoms with Gasteiger partial charge in [-0.2, -0.15) is 0 Å². The third-order valence-corrected chi connectivity index (χ3v) is 4.21. The molecule has 3 heterocycles. The van der Waals surface area contributed by atoms with Gasteiger partial charge in [0.05, 0.1) is 12.3 Å². The van der Waals surface area contributed by atoms with Crippen LogP contribution in [0.3, 0.4) is 0 Å². The van der Waals surface area contributed by atoms with Crippen molar-refractivity contribution in [2.24, 2.45) is 0 Å². The minimum Gasteiger partial charge on any atom is -0.461 e. The van der Waals surface area contributed by atoms with Crippen molar-refractivity contribution in [3.63, 3.8) is 0 Å². The van der Waals surface area contributed by atoms with Crippen LogP contribution in [0.4, 0.5) is 0 Å². The third kappa shape index (κ3) is 3.38. The number of aromatic nitrogens is 2. The summed E-state index contributed by atoms with van der Waals surface area (Å²) < 4.78 is 7.28. The summed E-state index contributed by atoms with van der Waals surface area (Å²) in [6.07, 6.45) is 1.12. The van der Waals surface area contributed by atoms with Crippen LogP contribution in [0, 0.1) is 6.92 Å². The quantitative estimate of drug-likeness (QED) is 0.869. The highest BCUT2D eigenvalue weighted by molar-refractivity contribution is 5.89. The molecule has 124 valence electrons. The Bertz CT molecular complexity index is 687. The average Bonchev–Trinajstić information content (AvgIpc) is 2.71. The number of hydrogen-bond donors (Lipinski definition) is 1. The number of hydrogen-bond acceptors (Lipinski definition) is 5. The van der Waals surface area contributed by atoms with E-state index in [2.05, 4.69) is 19.6 Å². The van der Waals surface area contributed by atoms with Crippen molar-refractivity contribution in [1.82, 2.24) is 19.6 Å². The summed E-state index contributed by atoms with van der Waals surface area (Å²) in [5.41, 5.74) is 3.25. The molecule has 0 aromatic carbocycles. The summed E-state index contributed by atoms with van der Waals surface area (Å²) in [6, 6.07) is 5.94. The number of fused-ring (bicyclic) bond motifs is 1. The van der Waals surface area contributed by atoms with Gasteiger partial charge in [0.25, 0.3) is 0 Å². The third-order valence-electron chi connectivity index (χ3n) is 4.21. The van der Waals surface area contributed by atoms with E-state index in [-0.39, 0.29) is 5.97 Å². The fraction of sp³-hybridized carbons (Fsp3) is 0.529. The van der Waals surface area contributed by atoms with Gasteiger partial charge in [-0.1, -0.05) is 6.07 Å². The first-order valence-corrected chi connectivity index (χ1v) is 8.28. The molecule has 0 amide bonds. The Kier molecular flexibility index (Phi) is 4.93. The molecule has 2 aromatic heterocycles. The molecule has 0 unspecified atom stereocenters. The van der Waals surface area contributed by atoms with E-state index in [9.17, 15) is 4.79 Å². The highest BCUT2D eigenvalue weighted by Crippen LogP contribution is 2.19. The van der Waals surface area contributed by atoms with Crippen molar-refractivity contribution < 1.29 is 9.53 Å². The van der Waals surface area contributed by atoms with Gasteiger partial charge in [-0.3, -0.25) is 9.30 Å². The summed E-state index contributed by atoms with van der Waals surface area (Å²) in [5, 5.41) is 3.41. The molecule has 0 saturated carbocycles. The van der Waals surface area contributed by atoms with Crippen molar-refractivity contribution in [3.8, 4) is 0 Å². The number of nitrogens with zero attached hydrogens (tertiary/aromatic N) is 3. The summed E-state index contributed by atoms with van der Waals surface area (Å²) in [4.78, 5) is 19.2. The topological polar surface area (TPSA) is 58.9 Å². The van der Waals surface area contributed by atoms with Crippen LogP contribution in [-0.4, -0.2) is 53.0 Å². The first-order valence-electron chi connectivity index (χ1n) is 8.28. The van der Waals surface area contributed by atoms with Crippen molar-refractivity contribution >= 4 is 11.6 Å². The monoisotopic (exact) mass is 316 g/mol. The van der Waals surface area contributed by atoms with Gasteiger partial charge in [0.15, 0.2) is 5.69 Å². The summed E-state index contributed by atoms with van der Waals surface area (Å²) in [7, 11) is 0. The zero-order chi connectivity index (χ0) is 16.2. The molecule has 3 rings (SSSR count). The number of imidazole rings is 1. The summed E-state index contributed by atoms with van der Waals surface area (Å²) >= 11 is 0.